The normalized spacial score (nSPS) is 11.2. The number of carbonyl (C=O) groups is 1. The van der Waals surface area contributed by atoms with Crippen LogP contribution in [0.3, 0.4) is 0 Å². The minimum atomic E-state index is -3.98. The Labute approximate surface area is 149 Å². The lowest BCUT2D eigenvalue weighted by Crippen LogP contribution is -2.11. The molecular weight excluding hydrogens is 360 g/mol. The molecule has 1 aromatic heterocycles. The Morgan fingerprint density at radius 3 is 2.54 bits per heavy atom. The number of carbonyl (C=O) groups excluding carboxylic acids is 1. The first-order valence-electron chi connectivity index (χ1n) is 7.48. The van der Waals surface area contributed by atoms with Crippen LogP contribution < -0.4 is 14.8 Å². The van der Waals surface area contributed by atoms with Gasteiger partial charge in [-0.1, -0.05) is 0 Å². The summed E-state index contributed by atoms with van der Waals surface area (Å²) in [5, 5.41) is 5.30. The molecule has 0 aliphatic carbocycles. The maximum atomic E-state index is 12.4. The molecule has 3 aromatic rings. The van der Waals surface area contributed by atoms with Gasteiger partial charge in [-0.15, -0.1) is 0 Å². The molecule has 10 heteroatoms. The van der Waals surface area contributed by atoms with E-state index in [0.717, 1.165) is 5.69 Å². The molecule has 0 saturated heterocycles. The molecule has 1 amide bonds. The molecule has 0 saturated carbocycles. The first-order chi connectivity index (χ1) is 12.4. The van der Waals surface area contributed by atoms with Crippen LogP contribution in [-0.2, 0) is 14.9 Å². The second-order valence-corrected chi connectivity index (χ2v) is 6.74. The van der Waals surface area contributed by atoms with Crippen molar-refractivity contribution >= 4 is 38.9 Å². The highest BCUT2D eigenvalue weighted by Gasteiger charge is 2.17. The standard InChI is InChI=1S/C16H16N4O5S/c1-17-10-3-6-12(7-4-10)26(22,23)25-11-5-8-13-14(9-11)19-15(18-13)20-16(21)24-2/h3-9,17H,1-2H3,(H2,18,19,20,21). The van der Waals surface area contributed by atoms with Crippen molar-refractivity contribution in [3.05, 3.63) is 42.5 Å². The number of rotatable bonds is 5. The zero-order chi connectivity index (χ0) is 18.7. The van der Waals surface area contributed by atoms with E-state index < -0.39 is 16.2 Å². The third-order valence-electron chi connectivity index (χ3n) is 3.50. The lowest BCUT2D eigenvalue weighted by molar-refractivity contribution is 0.186. The van der Waals surface area contributed by atoms with Crippen LogP contribution in [0.4, 0.5) is 16.4 Å². The maximum Gasteiger partial charge on any atom is 0.413 e. The Morgan fingerprint density at radius 1 is 1.15 bits per heavy atom. The van der Waals surface area contributed by atoms with Crippen LogP contribution in [0.5, 0.6) is 5.75 Å². The number of aromatic nitrogens is 2. The summed E-state index contributed by atoms with van der Waals surface area (Å²) < 4.78 is 34.4. The number of H-pyrrole nitrogens is 1. The largest absolute Gasteiger partial charge is 0.453 e. The second kappa shape index (κ2) is 6.92. The highest BCUT2D eigenvalue weighted by Crippen LogP contribution is 2.24. The summed E-state index contributed by atoms with van der Waals surface area (Å²) in [6.07, 6.45) is -0.673. The van der Waals surface area contributed by atoms with Crippen LogP contribution in [0.15, 0.2) is 47.4 Å². The fraction of sp³-hybridized carbons (Fsp3) is 0.125. The number of hydrogen-bond acceptors (Lipinski definition) is 7. The molecule has 1 heterocycles. The van der Waals surface area contributed by atoms with Gasteiger partial charge in [0, 0.05) is 18.8 Å². The van der Waals surface area contributed by atoms with Crippen molar-refractivity contribution in [3.8, 4) is 5.75 Å². The lowest BCUT2D eigenvalue weighted by Gasteiger charge is -2.07. The van der Waals surface area contributed by atoms with E-state index in [0.29, 0.717) is 11.0 Å². The van der Waals surface area contributed by atoms with E-state index in [1.54, 1.807) is 25.2 Å². The molecule has 136 valence electrons. The van der Waals surface area contributed by atoms with Gasteiger partial charge < -0.3 is 19.2 Å². The van der Waals surface area contributed by atoms with Crippen molar-refractivity contribution in [2.75, 3.05) is 24.8 Å². The molecule has 0 radical (unpaired) electrons. The van der Waals surface area contributed by atoms with Gasteiger partial charge >= 0.3 is 16.2 Å². The SMILES string of the molecule is CNc1ccc(S(=O)(=O)Oc2ccc3[nH]c(NC(=O)OC)nc3c2)cc1. The molecule has 9 nitrogen and oxygen atoms in total. The van der Waals surface area contributed by atoms with E-state index in [9.17, 15) is 13.2 Å². The Hall–Kier alpha value is -3.27. The van der Waals surface area contributed by atoms with E-state index in [-0.39, 0.29) is 16.6 Å². The molecule has 0 atom stereocenters. The molecule has 0 spiro atoms. The first kappa shape index (κ1) is 17.5. The molecular formula is C16H16N4O5S. The average molecular weight is 376 g/mol. The number of amides is 1. The van der Waals surface area contributed by atoms with Crippen molar-refractivity contribution in [1.82, 2.24) is 9.97 Å². The summed E-state index contributed by atoms with van der Waals surface area (Å²) in [6.45, 7) is 0. The maximum absolute atomic E-state index is 12.4. The first-order valence-corrected chi connectivity index (χ1v) is 8.89. The quantitative estimate of drug-likeness (QED) is 0.585. The lowest BCUT2D eigenvalue weighted by atomic mass is 10.3. The number of imidazole rings is 1. The predicted molar refractivity (Wildman–Crippen MR) is 95.9 cm³/mol. The van der Waals surface area contributed by atoms with E-state index in [1.807, 2.05) is 0 Å². The Bertz CT molecular complexity index is 1040. The Kier molecular flexibility index (Phi) is 4.67. The molecule has 26 heavy (non-hydrogen) atoms. The van der Waals surface area contributed by atoms with E-state index in [4.69, 9.17) is 4.18 Å². The number of benzene rings is 2. The third-order valence-corrected chi connectivity index (χ3v) is 4.76. The summed E-state index contributed by atoms with van der Waals surface area (Å²) in [5.41, 5.74) is 1.81. The van der Waals surface area contributed by atoms with Gasteiger partial charge in [0.15, 0.2) is 0 Å². The zero-order valence-electron chi connectivity index (χ0n) is 13.9. The van der Waals surface area contributed by atoms with Gasteiger partial charge in [0.25, 0.3) is 0 Å². The Morgan fingerprint density at radius 2 is 1.88 bits per heavy atom. The van der Waals surface area contributed by atoms with Gasteiger partial charge in [-0.05, 0) is 36.4 Å². The van der Waals surface area contributed by atoms with Crippen LogP contribution in [0.2, 0.25) is 0 Å². The highest BCUT2D eigenvalue weighted by molar-refractivity contribution is 7.87. The smallest absolute Gasteiger partial charge is 0.413 e. The molecule has 0 aliphatic rings. The number of methoxy groups -OCH3 is 1. The minimum Gasteiger partial charge on any atom is -0.453 e. The number of aromatic amines is 1. The molecule has 0 aliphatic heterocycles. The molecule has 3 rings (SSSR count). The summed E-state index contributed by atoms with van der Waals surface area (Å²) in [5.74, 6) is 0.279. The second-order valence-electron chi connectivity index (χ2n) is 5.19. The third kappa shape index (κ3) is 3.70. The number of nitrogens with zero attached hydrogens (tertiary/aromatic N) is 1. The van der Waals surface area contributed by atoms with Crippen molar-refractivity contribution in [2.24, 2.45) is 0 Å². The topological polar surface area (TPSA) is 122 Å². The number of ether oxygens (including phenoxy) is 1. The number of fused-ring (bicyclic) bond motifs is 1. The van der Waals surface area contributed by atoms with Crippen LogP contribution in [-0.4, -0.2) is 38.6 Å². The number of nitrogens with one attached hydrogen (secondary N) is 3. The fourth-order valence-corrected chi connectivity index (χ4v) is 3.13. The van der Waals surface area contributed by atoms with Gasteiger partial charge in [-0.2, -0.15) is 8.42 Å². The Balaban J connectivity index is 1.84. The molecule has 2 aromatic carbocycles. The highest BCUT2D eigenvalue weighted by atomic mass is 32.2. The monoisotopic (exact) mass is 376 g/mol. The van der Waals surface area contributed by atoms with Crippen LogP contribution >= 0.6 is 0 Å². The van der Waals surface area contributed by atoms with Crippen molar-refractivity contribution < 1.29 is 22.1 Å². The van der Waals surface area contributed by atoms with Gasteiger partial charge in [0.2, 0.25) is 5.95 Å². The zero-order valence-corrected chi connectivity index (χ0v) is 14.8. The van der Waals surface area contributed by atoms with E-state index >= 15 is 0 Å². The summed E-state index contributed by atoms with van der Waals surface area (Å²) in [4.78, 5) is 18.2. The van der Waals surface area contributed by atoms with E-state index in [2.05, 4.69) is 25.3 Å². The molecule has 0 unspecified atom stereocenters. The van der Waals surface area contributed by atoms with Crippen molar-refractivity contribution in [2.45, 2.75) is 4.90 Å². The summed E-state index contributed by atoms with van der Waals surface area (Å²) >= 11 is 0. The van der Waals surface area contributed by atoms with Gasteiger partial charge in [0.1, 0.15) is 10.6 Å². The molecule has 0 bridgehead atoms. The fourth-order valence-electron chi connectivity index (χ4n) is 2.21. The summed E-state index contributed by atoms with van der Waals surface area (Å²) in [6, 6.07) is 10.7. The molecule has 3 N–H and O–H groups in total. The van der Waals surface area contributed by atoms with Crippen LogP contribution in [0.25, 0.3) is 11.0 Å². The summed E-state index contributed by atoms with van der Waals surface area (Å²) in [7, 11) is -1.01. The van der Waals surface area contributed by atoms with Gasteiger partial charge in [0.05, 0.1) is 18.1 Å². The van der Waals surface area contributed by atoms with Gasteiger partial charge in [-0.25, -0.2) is 9.78 Å². The predicted octanol–water partition coefficient (Wildman–Crippen LogP) is 2.55. The van der Waals surface area contributed by atoms with Crippen molar-refractivity contribution in [3.63, 3.8) is 0 Å². The van der Waals surface area contributed by atoms with E-state index in [1.165, 1.54) is 31.4 Å². The van der Waals surface area contributed by atoms with Gasteiger partial charge in [-0.3, -0.25) is 5.32 Å². The average Bonchev–Trinajstić information content (AvgIpc) is 3.02. The van der Waals surface area contributed by atoms with Crippen LogP contribution in [0.1, 0.15) is 0 Å². The van der Waals surface area contributed by atoms with Crippen LogP contribution in [0, 0.1) is 0 Å². The van der Waals surface area contributed by atoms with Crippen molar-refractivity contribution in [1.29, 1.82) is 0 Å². The molecule has 0 fully saturated rings. The number of anilines is 2. The number of hydrogen-bond donors (Lipinski definition) is 3. The minimum absolute atomic E-state index is 0.0340.